The van der Waals surface area contributed by atoms with Gasteiger partial charge in [0, 0.05) is 19.3 Å². The third kappa shape index (κ3) is 20.3. The van der Waals surface area contributed by atoms with Crippen LogP contribution in [0.25, 0.3) is 0 Å². The molecule has 0 aromatic carbocycles. The van der Waals surface area contributed by atoms with Crippen LogP contribution in [-0.2, 0) is 28.6 Å². The predicted molar refractivity (Wildman–Crippen MR) is 127 cm³/mol. The molecule has 1 unspecified atom stereocenters. The van der Waals surface area contributed by atoms with Gasteiger partial charge < -0.3 is 14.2 Å². The molecule has 0 amide bonds. The molecule has 0 saturated heterocycles. The molecule has 0 N–H and O–H groups in total. The molecule has 0 aromatic heterocycles. The minimum absolute atomic E-state index is 0.0709. The van der Waals surface area contributed by atoms with Crippen molar-refractivity contribution in [2.24, 2.45) is 0 Å². The van der Waals surface area contributed by atoms with Crippen LogP contribution in [0.4, 0.5) is 0 Å². The van der Waals surface area contributed by atoms with Crippen molar-refractivity contribution in [3.63, 3.8) is 0 Å². The second kappa shape index (κ2) is 22.6. The van der Waals surface area contributed by atoms with Gasteiger partial charge in [-0.3, -0.25) is 14.4 Å². The van der Waals surface area contributed by atoms with E-state index in [9.17, 15) is 14.4 Å². The highest BCUT2D eigenvalue weighted by atomic mass is 16.6. The highest BCUT2D eigenvalue weighted by Crippen LogP contribution is 2.10. The van der Waals surface area contributed by atoms with E-state index in [2.05, 4.69) is 20.8 Å². The van der Waals surface area contributed by atoms with Gasteiger partial charge in [-0.1, -0.05) is 91.4 Å². The zero-order chi connectivity index (χ0) is 23.9. The monoisotopic (exact) mass is 456 g/mol. The van der Waals surface area contributed by atoms with Gasteiger partial charge in [-0.25, -0.2) is 0 Å². The fourth-order valence-electron chi connectivity index (χ4n) is 3.32. The highest BCUT2D eigenvalue weighted by molar-refractivity contribution is 5.71. The van der Waals surface area contributed by atoms with Crippen molar-refractivity contribution in [3.05, 3.63) is 0 Å². The largest absolute Gasteiger partial charge is 0.462 e. The van der Waals surface area contributed by atoms with E-state index >= 15 is 0 Å². The lowest BCUT2D eigenvalue weighted by molar-refractivity contribution is -0.167. The van der Waals surface area contributed by atoms with Gasteiger partial charge in [-0.2, -0.15) is 0 Å². The summed E-state index contributed by atoms with van der Waals surface area (Å²) in [6.07, 6.45) is 14.8. The van der Waals surface area contributed by atoms with Gasteiger partial charge in [-0.15, -0.1) is 0 Å². The Labute approximate surface area is 196 Å². The van der Waals surface area contributed by atoms with Crippen LogP contribution in [0.1, 0.15) is 130 Å². The van der Waals surface area contributed by atoms with E-state index in [0.29, 0.717) is 19.3 Å². The number of carbonyl (C=O) groups is 3. The van der Waals surface area contributed by atoms with Crippen molar-refractivity contribution in [1.29, 1.82) is 0 Å². The van der Waals surface area contributed by atoms with Crippen molar-refractivity contribution < 1.29 is 28.6 Å². The van der Waals surface area contributed by atoms with Gasteiger partial charge >= 0.3 is 17.9 Å². The number of hydrogen-bond donors (Lipinski definition) is 0. The Morgan fingerprint density at radius 2 is 0.844 bits per heavy atom. The Bertz CT molecular complexity index is 477. The van der Waals surface area contributed by atoms with E-state index in [1.54, 1.807) is 0 Å². The molecule has 0 aliphatic heterocycles. The highest BCUT2D eigenvalue weighted by Gasteiger charge is 2.19. The van der Waals surface area contributed by atoms with Crippen LogP contribution >= 0.6 is 0 Å². The predicted octanol–water partition coefficient (Wildman–Crippen LogP) is 6.68. The molecular weight excluding hydrogens is 408 g/mol. The maximum absolute atomic E-state index is 12.1. The van der Waals surface area contributed by atoms with Gasteiger partial charge in [0.2, 0.25) is 0 Å². The van der Waals surface area contributed by atoms with E-state index in [0.717, 1.165) is 70.6 Å². The van der Waals surface area contributed by atoms with Gasteiger partial charge in [0.1, 0.15) is 13.2 Å². The smallest absolute Gasteiger partial charge is 0.306 e. The Hall–Kier alpha value is -1.59. The Balaban J connectivity index is 4.34. The Morgan fingerprint density at radius 1 is 0.500 bits per heavy atom. The molecule has 0 saturated carbocycles. The lowest BCUT2D eigenvalue weighted by atomic mass is 10.1. The average molecular weight is 457 g/mol. The number of carbonyl (C=O) groups excluding carboxylic acids is 3. The van der Waals surface area contributed by atoms with E-state index in [4.69, 9.17) is 14.2 Å². The normalized spacial score (nSPS) is 11.7. The SMILES string of the molecule is CCCCCCCCC(=O)OCC(COC(=O)CCCCCC)OC(=O)CCCCCC. The fourth-order valence-corrected chi connectivity index (χ4v) is 3.32. The quantitative estimate of drug-likeness (QED) is 0.103. The van der Waals surface area contributed by atoms with Gasteiger partial charge in [-0.05, 0) is 19.3 Å². The van der Waals surface area contributed by atoms with E-state index in [-0.39, 0.29) is 31.1 Å². The summed E-state index contributed by atoms with van der Waals surface area (Å²) < 4.78 is 16.1. The zero-order valence-corrected chi connectivity index (χ0v) is 21.0. The topological polar surface area (TPSA) is 78.9 Å². The summed E-state index contributed by atoms with van der Waals surface area (Å²) in [5, 5.41) is 0. The standard InChI is InChI=1S/C26H48O6/c1-4-7-10-13-14-17-19-25(28)31-22-23(32-26(29)20-16-12-9-6-3)21-30-24(27)18-15-11-8-5-2/h23H,4-22H2,1-3H3. The molecule has 0 bridgehead atoms. The van der Waals surface area contributed by atoms with Crippen LogP contribution in [-0.4, -0.2) is 37.2 Å². The molecule has 6 heteroatoms. The van der Waals surface area contributed by atoms with Crippen LogP contribution in [0.5, 0.6) is 0 Å². The van der Waals surface area contributed by atoms with Gasteiger partial charge in [0.05, 0.1) is 0 Å². The van der Waals surface area contributed by atoms with Crippen LogP contribution in [0, 0.1) is 0 Å². The summed E-state index contributed by atoms with van der Waals surface area (Å²) in [6.45, 7) is 6.27. The lowest BCUT2D eigenvalue weighted by Crippen LogP contribution is -2.30. The summed E-state index contributed by atoms with van der Waals surface area (Å²) in [7, 11) is 0. The first kappa shape index (κ1) is 30.4. The summed E-state index contributed by atoms with van der Waals surface area (Å²) in [6, 6.07) is 0. The summed E-state index contributed by atoms with van der Waals surface area (Å²) >= 11 is 0. The molecule has 0 radical (unpaired) electrons. The number of unbranched alkanes of at least 4 members (excludes halogenated alkanes) is 11. The first-order chi connectivity index (χ1) is 15.5. The van der Waals surface area contributed by atoms with Crippen molar-refractivity contribution in [2.75, 3.05) is 13.2 Å². The van der Waals surface area contributed by atoms with Crippen molar-refractivity contribution in [3.8, 4) is 0 Å². The molecule has 32 heavy (non-hydrogen) atoms. The van der Waals surface area contributed by atoms with Crippen molar-refractivity contribution in [2.45, 2.75) is 136 Å². The molecule has 0 heterocycles. The molecule has 0 rings (SSSR count). The van der Waals surface area contributed by atoms with E-state index in [1.165, 1.54) is 19.3 Å². The van der Waals surface area contributed by atoms with Crippen LogP contribution in [0.2, 0.25) is 0 Å². The number of ether oxygens (including phenoxy) is 3. The second-order valence-electron chi connectivity index (χ2n) is 8.62. The molecular formula is C26H48O6. The maximum Gasteiger partial charge on any atom is 0.306 e. The summed E-state index contributed by atoms with van der Waals surface area (Å²) in [5.41, 5.74) is 0. The lowest BCUT2D eigenvalue weighted by Gasteiger charge is -2.18. The maximum atomic E-state index is 12.1. The first-order valence-corrected chi connectivity index (χ1v) is 13.0. The van der Waals surface area contributed by atoms with Gasteiger partial charge in [0.15, 0.2) is 6.10 Å². The van der Waals surface area contributed by atoms with Gasteiger partial charge in [0.25, 0.3) is 0 Å². The number of rotatable bonds is 22. The second-order valence-corrected chi connectivity index (χ2v) is 8.62. The number of esters is 3. The Morgan fingerprint density at radius 3 is 1.28 bits per heavy atom. The molecule has 188 valence electrons. The van der Waals surface area contributed by atoms with E-state index < -0.39 is 6.10 Å². The van der Waals surface area contributed by atoms with Crippen molar-refractivity contribution >= 4 is 17.9 Å². The minimum atomic E-state index is -0.748. The molecule has 0 fully saturated rings. The van der Waals surface area contributed by atoms with Crippen LogP contribution < -0.4 is 0 Å². The zero-order valence-electron chi connectivity index (χ0n) is 21.0. The molecule has 0 spiro atoms. The van der Waals surface area contributed by atoms with Crippen molar-refractivity contribution in [1.82, 2.24) is 0 Å². The molecule has 0 aliphatic rings. The Kier molecular flexibility index (Phi) is 21.5. The average Bonchev–Trinajstić information content (AvgIpc) is 2.78. The first-order valence-electron chi connectivity index (χ1n) is 13.0. The molecule has 6 nitrogen and oxygen atoms in total. The van der Waals surface area contributed by atoms with Crippen LogP contribution in [0.3, 0.4) is 0 Å². The third-order valence-electron chi connectivity index (χ3n) is 5.36. The molecule has 0 aromatic rings. The fraction of sp³-hybridized carbons (Fsp3) is 0.885. The summed E-state index contributed by atoms with van der Waals surface area (Å²) in [5.74, 6) is -0.934. The third-order valence-corrected chi connectivity index (χ3v) is 5.36. The molecule has 1 atom stereocenters. The number of hydrogen-bond acceptors (Lipinski definition) is 6. The van der Waals surface area contributed by atoms with E-state index in [1.807, 2.05) is 0 Å². The molecule has 0 aliphatic carbocycles. The minimum Gasteiger partial charge on any atom is -0.462 e. The van der Waals surface area contributed by atoms with Crippen LogP contribution in [0.15, 0.2) is 0 Å². The summed E-state index contributed by atoms with van der Waals surface area (Å²) in [4.78, 5) is 36.1.